The highest BCUT2D eigenvalue weighted by Crippen LogP contribution is 2.29. The van der Waals surface area contributed by atoms with Gasteiger partial charge < -0.3 is 15.2 Å². The minimum atomic E-state index is 0.236. The van der Waals surface area contributed by atoms with E-state index in [-0.39, 0.29) is 5.11 Å². The third-order valence-corrected chi connectivity index (χ3v) is 6.80. The van der Waals surface area contributed by atoms with Crippen molar-refractivity contribution in [1.82, 2.24) is 24.4 Å². The first kappa shape index (κ1) is 24.1. The van der Waals surface area contributed by atoms with Gasteiger partial charge in [0.1, 0.15) is 0 Å². The second-order valence-corrected chi connectivity index (χ2v) is 9.37. The van der Waals surface area contributed by atoms with Crippen LogP contribution in [0.1, 0.15) is 30.4 Å². The number of aryl methyl sites for hydroxylation is 2. The largest absolute Gasteiger partial charge is 0.375 e. The molecule has 3 aromatic rings. The first-order chi connectivity index (χ1) is 16.4. The highest BCUT2D eigenvalue weighted by molar-refractivity contribution is 7.80. The number of benzene rings is 1. The lowest BCUT2D eigenvalue weighted by Gasteiger charge is -2.25. The molecule has 1 saturated heterocycles. The number of thiocarbonyl (C=S) groups is 1. The quantitative estimate of drug-likeness (QED) is 0.303. The van der Waals surface area contributed by atoms with Gasteiger partial charge in [-0.2, -0.15) is 10.4 Å². The fourth-order valence-corrected chi connectivity index (χ4v) is 4.65. The van der Waals surface area contributed by atoms with Gasteiger partial charge in [-0.1, -0.05) is 11.6 Å². The molecular formula is C24H27ClN8S. The standard InChI is InChI=1S/C24H27ClN8S/c1-31-8-4-6-18(31)14-33(24(27)34)29-12-17-10-22(23-13-28-15-32(23)2)30-21-11-20(25)16(5-3-7-26)9-19(17)21/h9-13,15,18H,3-6,8,14H2,1-2H3,(H2,27,34)/b29-12+/t18-/m0/s1. The maximum atomic E-state index is 9.02. The molecule has 1 atom stereocenters. The number of likely N-dealkylation sites (tertiary alicyclic amines) is 1. The van der Waals surface area contributed by atoms with Gasteiger partial charge in [-0.25, -0.2) is 15.0 Å². The number of pyridine rings is 1. The number of fused-ring (bicyclic) bond motifs is 1. The number of nitrogens with zero attached hydrogens (tertiary/aromatic N) is 7. The van der Waals surface area contributed by atoms with Gasteiger partial charge in [-0.3, -0.25) is 0 Å². The molecule has 10 heteroatoms. The third kappa shape index (κ3) is 5.20. The minimum absolute atomic E-state index is 0.236. The lowest BCUT2D eigenvalue weighted by molar-refractivity contribution is 0.256. The first-order valence-electron chi connectivity index (χ1n) is 11.2. The van der Waals surface area contributed by atoms with Crippen molar-refractivity contribution in [3.05, 3.63) is 46.9 Å². The molecule has 4 rings (SSSR count). The van der Waals surface area contributed by atoms with Crippen LogP contribution in [0.3, 0.4) is 0 Å². The summed E-state index contributed by atoms with van der Waals surface area (Å²) in [5.74, 6) is 0. The van der Waals surface area contributed by atoms with Crippen LogP contribution in [0.15, 0.2) is 35.8 Å². The Labute approximate surface area is 209 Å². The van der Waals surface area contributed by atoms with Crippen LogP contribution >= 0.6 is 23.8 Å². The average molecular weight is 495 g/mol. The summed E-state index contributed by atoms with van der Waals surface area (Å²) in [6, 6.07) is 8.35. The van der Waals surface area contributed by atoms with Crippen molar-refractivity contribution in [3.63, 3.8) is 0 Å². The van der Waals surface area contributed by atoms with Gasteiger partial charge in [-0.05, 0) is 68.8 Å². The molecule has 1 aliphatic heterocycles. The van der Waals surface area contributed by atoms with Crippen LogP contribution in [0, 0.1) is 11.3 Å². The van der Waals surface area contributed by atoms with Crippen molar-refractivity contribution in [1.29, 1.82) is 5.26 Å². The summed E-state index contributed by atoms with van der Waals surface area (Å²) in [4.78, 5) is 11.4. The fraction of sp³-hybridized carbons (Fsp3) is 0.375. The van der Waals surface area contributed by atoms with Crippen molar-refractivity contribution >= 4 is 46.0 Å². The van der Waals surface area contributed by atoms with Crippen molar-refractivity contribution in [2.45, 2.75) is 31.7 Å². The highest BCUT2D eigenvalue weighted by Gasteiger charge is 2.24. The van der Waals surface area contributed by atoms with Crippen molar-refractivity contribution < 1.29 is 0 Å². The van der Waals surface area contributed by atoms with E-state index in [2.05, 4.69) is 28.1 Å². The molecule has 0 unspecified atom stereocenters. The Morgan fingerprint density at radius 2 is 2.24 bits per heavy atom. The first-order valence-corrected chi connectivity index (χ1v) is 11.9. The summed E-state index contributed by atoms with van der Waals surface area (Å²) in [5, 5.41) is 17.1. The van der Waals surface area contributed by atoms with Gasteiger partial charge in [0.25, 0.3) is 0 Å². The van der Waals surface area contributed by atoms with E-state index >= 15 is 0 Å². The molecule has 176 valence electrons. The Morgan fingerprint density at radius 1 is 1.41 bits per heavy atom. The second kappa shape index (κ2) is 10.5. The van der Waals surface area contributed by atoms with Crippen LogP contribution in [0.5, 0.6) is 0 Å². The number of nitriles is 1. The van der Waals surface area contributed by atoms with E-state index in [4.69, 9.17) is 39.8 Å². The normalized spacial score (nSPS) is 16.4. The third-order valence-electron chi connectivity index (χ3n) is 6.24. The van der Waals surface area contributed by atoms with Crippen molar-refractivity contribution in [3.8, 4) is 17.5 Å². The zero-order valence-electron chi connectivity index (χ0n) is 19.3. The molecule has 1 aliphatic rings. The van der Waals surface area contributed by atoms with E-state index in [9.17, 15) is 0 Å². The van der Waals surface area contributed by atoms with Gasteiger partial charge in [0, 0.05) is 35.5 Å². The van der Waals surface area contributed by atoms with E-state index in [0.29, 0.717) is 30.5 Å². The van der Waals surface area contributed by atoms with E-state index in [1.54, 1.807) is 23.7 Å². The summed E-state index contributed by atoms with van der Waals surface area (Å²) in [7, 11) is 4.04. The van der Waals surface area contributed by atoms with Gasteiger partial charge in [0.2, 0.25) is 0 Å². The maximum Gasteiger partial charge on any atom is 0.187 e. The molecule has 8 nitrogen and oxygen atoms in total. The molecule has 0 saturated carbocycles. The van der Waals surface area contributed by atoms with Crippen molar-refractivity contribution in [2.75, 3.05) is 20.1 Å². The maximum absolute atomic E-state index is 9.02. The molecule has 0 aliphatic carbocycles. The summed E-state index contributed by atoms with van der Waals surface area (Å²) < 4.78 is 1.91. The van der Waals surface area contributed by atoms with Crippen LogP contribution in [-0.4, -0.2) is 61.9 Å². The monoisotopic (exact) mass is 494 g/mol. The Hall–Kier alpha value is -3.06. The molecule has 2 aromatic heterocycles. The molecule has 34 heavy (non-hydrogen) atoms. The number of likely N-dealkylation sites (N-methyl/N-ethyl adjacent to an activating group) is 1. The van der Waals surface area contributed by atoms with E-state index in [1.165, 1.54) is 0 Å². The predicted octanol–water partition coefficient (Wildman–Crippen LogP) is 3.72. The Balaban J connectivity index is 1.78. The molecule has 1 fully saturated rings. The lowest BCUT2D eigenvalue weighted by Crippen LogP contribution is -2.41. The molecule has 0 spiro atoms. The van der Waals surface area contributed by atoms with Crippen LogP contribution in [0.4, 0.5) is 0 Å². The van der Waals surface area contributed by atoms with E-state index < -0.39 is 0 Å². The van der Waals surface area contributed by atoms with E-state index in [0.717, 1.165) is 52.8 Å². The number of imidazole rings is 1. The van der Waals surface area contributed by atoms with E-state index in [1.807, 2.05) is 29.8 Å². The summed E-state index contributed by atoms with van der Waals surface area (Å²) in [6.45, 7) is 1.70. The smallest absolute Gasteiger partial charge is 0.187 e. The fourth-order valence-electron chi connectivity index (χ4n) is 4.28. The molecule has 0 radical (unpaired) electrons. The number of rotatable bonds is 7. The Kier molecular flexibility index (Phi) is 7.41. The summed E-state index contributed by atoms with van der Waals surface area (Å²) in [6.07, 6.45) is 8.49. The zero-order valence-corrected chi connectivity index (χ0v) is 20.9. The SMILES string of the molecule is CN1CCC[C@H]1CN(/N=C/c1cc(-c2cncn2C)nc2cc(Cl)c(CCC#N)cc12)C(N)=S. The van der Waals surface area contributed by atoms with Crippen LogP contribution in [0.25, 0.3) is 22.3 Å². The minimum Gasteiger partial charge on any atom is -0.375 e. The second-order valence-electron chi connectivity index (χ2n) is 8.55. The molecule has 1 aromatic carbocycles. The predicted molar refractivity (Wildman–Crippen MR) is 140 cm³/mol. The number of hydrogen-bond donors (Lipinski definition) is 1. The Morgan fingerprint density at radius 3 is 2.88 bits per heavy atom. The van der Waals surface area contributed by atoms with Gasteiger partial charge in [-0.15, -0.1) is 0 Å². The molecule has 3 heterocycles. The van der Waals surface area contributed by atoms with Gasteiger partial charge in [0.15, 0.2) is 5.11 Å². The van der Waals surface area contributed by atoms with Gasteiger partial charge in [0.05, 0.1) is 48.3 Å². The number of halogens is 1. The van der Waals surface area contributed by atoms with Crippen LogP contribution in [0.2, 0.25) is 5.02 Å². The highest BCUT2D eigenvalue weighted by atomic mass is 35.5. The van der Waals surface area contributed by atoms with Crippen LogP contribution < -0.4 is 5.73 Å². The molecular weight excluding hydrogens is 468 g/mol. The van der Waals surface area contributed by atoms with Crippen molar-refractivity contribution in [2.24, 2.45) is 17.9 Å². The molecule has 2 N–H and O–H groups in total. The summed E-state index contributed by atoms with van der Waals surface area (Å²) in [5.41, 5.74) is 10.1. The number of aromatic nitrogens is 3. The topological polar surface area (TPSA) is 99.4 Å². The zero-order chi connectivity index (χ0) is 24.2. The number of nitrogens with two attached hydrogens (primary N) is 1. The lowest BCUT2D eigenvalue weighted by atomic mass is 10.0. The number of hydrazone groups is 1. The van der Waals surface area contributed by atoms with Gasteiger partial charge >= 0.3 is 0 Å². The molecule has 0 amide bonds. The molecule has 0 bridgehead atoms. The number of hydrogen-bond acceptors (Lipinski definition) is 6. The summed E-state index contributed by atoms with van der Waals surface area (Å²) >= 11 is 11.8. The van der Waals surface area contributed by atoms with Crippen LogP contribution in [-0.2, 0) is 13.5 Å². The average Bonchev–Trinajstić information content (AvgIpc) is 3.42. The Bertz CT molecular complexity index is 1280.